The van der Waals surface area contributed by atoms with Crippen molar-refractivity contribution in [3.05, 3.63) is 59.1 Å². The van der Waals surface area contributed by atoms with E-state index >= 15 is 0 Å². The molecule has 10 heteroatoms. The van der Waals surface area contributed by atoms with E-state index in [1.165, 1.54) is 21.3 Å². The molecule has 3 aromatic rings. The Bertz CT molecular complexity index is 1380. The van der Waals surface area contributed by atoms with Crippen LogP contribution in [0.15, 0.2) is 58.5 Å². The number of nitrogens with one attached hydrogen (secondary N) is 1. The van der Waals surface area contributed by atoms with Crippen LogP contribution in [-0.2, 0) is 21.4 Å². The molecule has 0 saturated carbocycles. The summed E-state index contributed by atoms with van der Waals surface area (Å²) in [4.78, 5) is 32.4. The highest BCUT2D eigenvalue weighted by Crippen LogP contribution is 2.32. The number of hydrogen-bond acceptors (Lipinski definition) is 6. The monoisotopic (exact) mass is 497 g/mol. The molecule has 2 heterocycles. The summed E-state index contributed by atoms with van der Waals surface area (Å²) in [5.74, 6) is -0.431. The molecule has 1 aromatic heterocycles. The number of sulfonamides is 1. The molecule has 0 bridgehead atoms. The Morgan fingerprint density at radius 3 is 2.49 bits per heavy atom. The normalized spacial score (nSPS) is 14.4. The lowest BCUT2D eigenvalue weighted by molar-refractivity contribution is -0.116. The van der Waals surface area contributed by atoms with Gasteiger partial charge in [0.25, 0.3) is 5.56 Å². The second kappa shape index (κ2) is 10.6. The van der Waals surface area contributed by atoms with Gasteiger partial charge in [0.15, 0.2) is 0 Å². The molecule has 1 fully saturated rings. The highest BCUT2D eigenvalue weighted by molar-refractivity contribution is 7.89. The van der Waals surface area contributed by atoms with Crippen molar-refractivity contribution in [3.63, 3.8) is 0 Å². The zero-order chi connectivity index (χ0) is 25.0. The van der Waals surface area contributed by atoms with E-state index < -0.39 is 15.9 Å². The summed E-state index contributed by atoms with van der Waals surface area (Å²) < 4.78 is 28.9. The maximum atomic E-state index is 13.1. The molecule has 1 aliphatic rings. The van der Waals surface area contributed by atoms with Gasteiger partial charge in [0.05, 0.1) is 33.5 Å². The topological polar surface area (TPSA) is 105 Å². The van der Waals surface area contributed by atoms with E-state index in [4.69, 9.17) is 0 Å². The maximum absolute atomic E-state index is 13.1. The molecular formula is C25H31N5O4S. The fourth-order valence-electron chi connectivity index (χ4n) is 4.46. The number of fused-ring (bicyclic) bond motifs is 1. The van der Waals surface area contributed by atoms with Crippen LogP contribution in [0, 0.1) is 0 Å². The van der Waals surface area contributed by atoms with E-state index in [1.807, 2.05) is 0 Å². The minimum Gasteiger partial charge on any atom is -0.370 e. The second-order valence-electron chi connectivity index (χ2n) is 8.56. The lowest BCUT2D eigenvalue weighted by Gasteiger charge is -2.31. The fourth-order valence-corrected chi connectivity index (χ4v) is 5.95. The van der Waals surface area contributed by atoms with Gasteiger partial charge in [-0.05, 0) is 49.6 Å². The van der Waals surface area contributed by atoms with Gasteiger partial charge in [-0.3, -0.25) is 14.2 Å². The van der Waals surface area contributed by atoms with Crippen molar-refractivity contribution < 1.29 is 13.2 Å². The van der Waals surface area contributed by atoms with Crippen molar-refractivity contribution >= 4 is 38.2 Å². The highest BCUT2D eigenvalue weighted by Gasteiger charge is 2.25. The molecule has 0 atom stereocenters. The van der Waals surface area contributed by atoms with Gasteiger partial charge in [-0.25, -0.2) is 13.4 Å². The number of para-hydroxylation sites is 1. The summed E-state index contributed by atoms with van der Waals surface area (Å²) in [6.45, 7) is 5.72. The molecule has 35 heavy (non-hydrogen) atoms. The third-order valence-electron chi connectivity index (χ3n) is 6.33. The second-order valence-corrected chi connectivity index (χ2v) is 10.5. The van der Waals surface area contributed by atoms with Gasteiger partial charge < -0.3 is 10.2 Å². The lowest BCUT2D eigenvalue weighted by atomic mass is 10.1. The number of piperidine rings is 1. The number of amides is 1. The average Bonchev–Trinajstić information content (AvgIpc) is 2.87. The largest absolute Gasteiger partial charge is 0.370 e. The Hall–Kier alpha value is -3.24. The Morgan fingerprint density at radius 2 is 1.77 bits per heavy atom. The van der Waals surface area contributed by atoms with Crippen LogP contribution < -0.4 is 15.8 Å². The number of carbonyl (C=O) groups is 1. The number of carbonyl (C=O) groups excluding carboxylic acids is 1. The van der Waals surface area contributed by atoms with Gasteiger partial charge in [-0.1, -0.05) is 26.0 Å². The van der Waals surface area contributed by atoms with Crippen molar-refractivity contribution in [2.75, 3.05) is 36.4 Å². The van der Waals surface area contributed by atoms with E-state index in [0.717, 1.165) is 38.0 Å². The van der Waals surface area contributed by atoms with E-state index in [0.29, 0.717) is 29.7 Å². The molecule has 1 N–H and O–H groups in total. The van der Waals surface area contributed by atoms with Crippen molar-refractivity contribution in [2.45, 2.75) is 44.6 Å². The van der Waals surface area contributed by atoms with E-state index in [-0.39, 0.29) is 17.0 Å². The molecule has 0 spiro atoms. The molecule has 2 aromatic carbocycles. The molecular weight excluding hydrogens is 466 g/mol. The highest BCUT2D eigenvalue weighted by atomic mass is 32.2. The summed E-state index contributed by atoms with van der Waals surface area (Å²) in [5, 5.41) is 3.30. The van der Waals surface area contributed by atoms with Crippen LogP contribution >= 0.6 is 0 Å². The minimum absolute atomic E-state index is 0.127. The van der Waals surface area contributed by atoms with Crippen LogP contribution in [-0.4, -0.2) is 54.4 Å². The molecule has 9 nitrogen and oxygen atoms in total. The number of anilines is 2. The van der Waals surface area contributed by atoms with Crippen LogP contribution in [0.4, 0.5) is 11.4 Å². The molecule has 4 rings (SSSR count). The zero-order valence-electron chi connectivity index (χ0n) is 20.1. The molecule has 1 saturated heterocycles. The fraction of sp³-hybridized carbons (Fsp3) is 0.400. The van der Waals surface area contributed by atoms with Crippen LogP contribution in [0.1, 0.15) is 33.1 Å². The zero-order valence-corrected chi connectivity index (χ0v) is 20.9. The van der Waals surface area contributed by atoms with Crippen molar-refractivity contribution in [3.8, 4) is 0 Å². The Kier molecular flexibility index (Phi) is 7.51. The number of nitrogens with zero attached hydrogens (tertiary/aromatic N) is 4. The summed E-state index contributed by atoms with van der Waals surface area (Å²) in [5.41, 5.74) is 1.46. The lowest BCUT2D eigenvalue weighted by Crippen LogP contribution is -2.33. The first kappa shape index (κ1) is 24.9. The van der Waals surface area contributed by atoms with Crippen molar-refractivity contribution in [2.24, 2.45) is 0 Å². The Balaban J connectivity index is 1.66. The number of aromatic nitrogens is 2. The predicted octanol–water partition coefficient (Wildman–Crippen LogP) is 3.06. The number of benzene rings is 2. The van der Waals surface area contributed by atoms with E-state index in [1.54, 1.807) is 50.2 Å². The van der Waals surface area contributed by atoms with Crippen molar-refractivity contribution in [1.82, 2.24) is 13.9 Å². The van der Waals surface area contributed by atoms with Crippen LogP contribution in [0.25, 0.3) is 10.9 Å². The molecule has 1 aliphatic heterocycles. The summed E-state index contributed by atoms with van der Waals surface area (Å²) in [6, 6.07) is 11.9. The first-order valence-electron chi connectivity index (χ1n) is 12.0. The van der Waals surface area contributed by atoms with Crippen LogP contribution in [0.3, 0.4) is 0 Å². The number of rotatable bonds is 8. The third-order valence-corrected chi connectivity index (χ3v) is 8.37. The molecule has 1 amide bonds. The standard InChI is InChI=1S/C25H31N5O4S/c1-3-30(4-2)35(33,34)19-12-13-23(28-14-8-5-9-15-28)22(16-19)27-24(31)17-29-18-26-21-11-7-6-10-20(21)25(29)32/h6-7,10-13,16,18H,3-5,8-9,14-15,17H2,1-2H3,(H,27,31). The van der Waals surface area contributed by atoms with Gasteiger partial charge in [0.1, 0.15) is 6.54 Å². The minimum atomic E-state index is -3.70. The van der Waals surface area contributed by atoms with Gasteiger partial charge >= 0.3 is 0 Å². The molecule has 0 aliphatic carbocycles. The van der Waals surface area contributed by atoms with Crippen LogP contribution in [0.2, 0.25) is 0 Å². The summed E-state index contributed by atoms with van der Waals surface area (Å²) >= 11 is 0. The smallest absolute Gasteiger partial charge is 0.261 e. The Labute approximate surface area is 205 Å². The first-order valence-corrected chi connectivity index (χ1v) is 13.4. The van der Waals surface area contributed by atoms with Gasteiger partial charge in [-0.2, -0.15) is 4.31 Å². The first-order chi connectivity index (χ1) is 16.8. The molecule has 0 radical (unpaired) electrons. The quantitative estimate of drug-likeness (QED) is 0.513. The van der Waals surface area contributed by atoms with E-state index in [9.17, 15) is 18.0 Å². The van der Waals surface area contributed by atoms with Crippen molar-refractivity contribution in [1.29, 1.82) is 0 Å². The SMILES string of the molecule is CCN(CC)S(=O)(=O)c1ccc(N2CCCCC2)c(NC(=O)Cn2cnc3ccccc3c2=O)c1. The van der Waals surface area contributed by atoms with E-state index in [2.05, 4.69) is 15.2 Å². The van der Waals surface area contributed by atoms with Gasteiger partial charge in [0, 0.05) is 26.2 Å². The molecule has 0 unspecified atom stereocenters. The average molecular weight is 498 g/mol. The summed E-state index contributed by atoms with van der Waals surface area (Å²) in [6.07, 6.45) is 4.57. The van der Waals surface area contributed by atoms with Crippen LogP contribution in [0.5, 0.6) is 0 Å². The number of hydrogen-bond donors (Lipinski definition) is 1. The van der Waals surface area contributed by atoms with Gasteiger partial charge in [0.2, 0.25) is 15.9 Å². The Morgan fingerprint density at radius 1 is 1.06 bits per heavy atom. The molecule has 186 valence electrons. The maximum Gasteiger partial charge on any atom is 0.261 e. The predicted molar refractivity (Wildman–Crippen MR) is 137 cm³/mol. The van der Waals surface area contributed by atoms with Gasteiger partial charge in [-0.15, -0.1) is 0 Å². The summed E-state index contributed by atoms with van der Waals surface area (Å²) in [7, 11) is -3.70. The third kappa shape index (κ3) is 5.23.